The Balaban J connectivity index is 1.85. The van der Waals surface area contributed by atoms with E-state index in [1.165, 1.54) is 10.6 Å². The van der Waals surface area contributed by atoms with Gasteiger partial charge in [0, 0.05) is 43.5 Å². The van der Waals surface area contributed by atoms with Crippen LogP contribution < -0.4 is 10.9 Å². The number of nitrogens with zero attached hydrogens (tertiary/aromatic N) is 2. The van der Waals surface area contributed by atoms with Crippen LogP contribution in [0, 0.1) is 0 Å². The zero-order valence-electron chi connectivity index (χ0n) is 12.7. The number of hydrogen-bond acceptors (Lipinski definition) is 3. The molecule has 2 heterocycles. The first-order valence-corrected chi connectivity index (χ1v) is 7.97. The molecule has 5 nitrogen and oxygen atoms in total. The Morgan fingerprint density at radius 3 is 2.61 bits per heavy atom. The van der Waals surface area contributed by atoms with Gasteiger partial charge in [-0.05, 0) is 17.7 Å². The van der Waals surface area contributed by atoms with Gasteiger partial charge in [-0.25, -0.2) is 0 Å². The zero-order valence-corrected chi connectivity index (χ0v) is 13.4. The molecule has 1 aromatic carbocycles. The Kier molecular flexibility index (Phi) is 4.79. The number of benzene rings is 1. The second-order valence-corrected chi connectivity index (χ2v) is 5.92. The summed E-state index contributed by atoms with van der Waals surface area (Å²) in [5.74, 6) is -0.0422. The molecule has 2 aromatic rings. The maximum absolute atomic E-state index is 12.5. The van der Waals surface area contributed by atoms with Gasteiger partial charge in [-0.3, -0.25) is 9.59 Å². The van der Waals surface area contributed by atoms with Crippen molar-refractivity contribution in [3.63, 3.8) is 0 Å². The summed E-state index contributed by atoms with van der Waals surface area (Å²) in [6.45, 7) is 3.31. The fourth-order valence-electron chi connectivity index (χ4n) is 2.64. The van der Waals surface area contributed by atoms with E-state index >= 15 is 0 Å². The lowest BCUT2D eigenvalue weighted by atomic mass is 10.2. The van der Waals surface area contributed by atoms with Crippen LogP contribution in [0.2, 0.25) is 5.02 Å². The van der Waals surface area contributed by atoms with Crippen LogP contribution in [0.5, 0.6) is 0 Å². The number of piperazine rings is 1. The third-order valence-electron chi connectivity index (χ3n) is 3.93. The molecule has 0 aliphatic carbocycles. The maximum atomic E-state index is 12.5. The smallest absolute Gasteiger partial charge is 0.255 e. The van der Waals surface area contributed by atoms with Crippen molar-refractivity contribution >= 4 is 17.5 Å². The third-order valence-corrected chi connectivity index (χ3v) is 4.30. The predicted octanol–water partition coefficient (Wildman–Crippen LogP) is 1.60. The molecule has 23 heavy (non-hydrogen) atoms. The van der Waals surface area contributed by atoms with E-state index in [9.17, 15) is 9.59 Å². The topological polar surface area (TPSA) is 54.3 Å². The van der Waals surface area contributed by atoms with E-state index in [4.69, 9.17) is 11.6 Å². The molecule has 3 rings (SSSR count). The lowest BCUT2D eigenvalue weighted by Crippen LogP contribution is -2.46. The van der Waals surface area contributed by atoms with E-state index < -0.39 is 0 Å². The van der Waals surface area contributed by atoms with E-state index in [2.05, 4.69) is 5.32 Å². The van der Waals surface area contributed by atoms with Crippen LogP contribution in [0.25, 0.3) is 0 Å². The molecular weight excluding hydrogens is 314 g/mol. The lowest BCUT2D eigenvalue weighted by molar-refractivity contribution is 0.0735. The molecule has 0 atom stereocenters. The molecular formula is C17H18ClN3O2. The van der Waals surface area contributed by atoms with Crippen LogP contribution in [-0.2, 0) is 6.54 Å². The number of rotatable bonds is 3. The Labute approximate surface area is 139 Å². The molecule has 120 valence electrons. The van der Waals surface area contributed by atoms with Crippen LogP contribution >= 0.6 is 11.6 Å². The number of pyridine rings is 1. The Bertz CT molecular complexity index is 766. The Morgan fingerprint density at radius 2 is 1.87 bits per heavy atom. The molecule has 0 radical (unpaired) electrons. The van der Waals surface area contributed by atoms with Crippen LogP contribution in [0.4, 0.5) is 0 Å². The van der Waals surface area contributed by atoms with Gasteiger partial charge in [-0.2, -0.15) is 0 Å². The molecule has 0 unspecified atom stereocenters. The summed E-state index contributed by atoms with van der Waals surface area (Å²) in [5.41, 5.74) is 1.23. The van der Waals surface area contributed by atoms with Crippen LogP contribution in [0.3, 0.4) is 0 Å². The molecule has 0 saturated carbocycles. The van der Waals surface area contributed by atoms with Gasteiger partial charge in [0.25, 0.3) is 11.5 Å². The van der Waals surface area contributed by atoms with E-state index in [0.717, 1.165) is 18.7 Å². The van der Waals surface area contributed by atoms with Gasteiger partial charge in [0.15, 0.2) is 0 Å². The first-order chi connectivity index (χ1) is 11.1. The van der Waals surface area contributed by atoms with Crippen molar-refractivity contribution in [2.75, 3.05) is 26.2 Å². The summed E-state index contributed by atoms with van der Waals surface area (Å²) in [6.07, 6.45) is 1.62. The van der Waals surface area contributed by atoms with E-state index in [1.54, 1.807) is 23.2 Å². The zero-order chi connectivity index (χ0) is 16.2. The normalized spacial score (nSPS) is 14.7. The lowest BCUT2D eigenvalue weighted by Gasteiger charge is -2.27. The Morgan fingerprint density at radius 1 is 1.13 bits per heavy atom. The number of amides is 1. The van der Waals surface area contributed by atoms with Gasteiger partial charge in [0.2, 0.25) is 0 Å². The predicted molar refractivity (Wildman–Crippen MR) is 90.0 cm³/mol. The summed E-state index contributed by atoms with van der Waals surface area (Å²) in [5, 5.41) is 3.83. The first-order valence-electron chi connectivity index (χ1n) is 7.59. The fraction of sp³-hybridized carbons (Fsp3) is 0.294. The van der Waals surface area contributed by atoms with E-state index in [1.807, 2.05) is 18.2 Å². The summed E-state index contributed by atoms with van der Waals surface area (Å²) >= 11 is 6.15. The number of nitrogens with one attached hydrogen (secondary N) is 1. The van der Waals surface area contributed by atoms with Crippen LogP contribution in [0.15, 0.2) is 47.4 Å². The minimum absolute atomic E-state index is 0.0422. The molecule has 6 heteroatoms. The molecule has 0 spiro atoms. The maximum Gasteiger partial charge on any atom is 0.255 e. The average Bonchev–Trinajstić information content (AvgIpc) is 2.59. The number of carbonyl (C=O) groups excluding carboxylic acids is 1. The van der Waals surface area contributed by atoms with Gasteiger partial charge in [-0.15, -0.1) is 0 Å². The highest BCUT2D eigenvalue weighted by atomic mass is 35.5. The van der Waals surface area contributed by atoms with Crippen LogP contribution in [0.1, 0.15) is 15.9 Å². The van der Waals surface area contributed by atoms with Crippen molar-refractivity contribution in [1.82, 2.24) is 14.8 Å². The number of halogens is 1. The van der Waals surface area contributed by atoms with Gasteiger partial charge >= 0.3 is 0 Å². The summed E-state index contributed by atoms with van der Waals surface area (Å²) in [7, 11) is 0. The van der Waals surface area contributed by atoms with Crippen LogP contribution in [-0.4, -0.2) is 41.6 Å². The largest absolute Gasteiger partial charge is 0.336 e. The van der Waals surface area contributed by atoms with E-state index in [-0.39, 0.29) is 11.5 Å². The SMILES string of the molecule is O=C(c1ccc(=O)n(Cc2ccccc2Cl)c1)N1CCNCC1. The number of aromatic nitrogens is 1. The minimum atomic E-state index is -0.151. The van der Waals surface area contributed by atoms with Crippen molar-refractivity contribution in [1.29, 1.82) is 0 Å². The molecule has 1 saturated heterocycles. The molecule has 1 aromatic heterocycles. The monoisotopic (exact) mass is 331 g/mol. The summed E-state index contributed by atoms with van der Waals surface area (Å²) < 4.78 is 1.52. The van der Waals surface area contributed by atoms with Crippen molar-refractivity contribution < 1.29 is 4.79 Å². The second-order valence-electron chi connectivity index (χ2n) is 5.52. The standard InChI is InChI=1S/C17H18ClN3O2/c18-15-4-2-1-3-13(15)11-21-12-14(5-6-16(21)22)17(23)20-9-7-19-8-10-20/h1-6,12,19H,7-11H2. The van der Waals surface area contributed by atoms with Gasteiger partial charge in [-0.1, -0.05) is 29.8 Å². The Hall–Kier alpha value is -2.11. The third kappa shape index (κ3) is 3.63. The van der Waals surface area contributed by atoms with E-state index in [0.29, 0.717) is 30.2 Å². The molecule has 1 N–H and O–H groups in total. The van der Waals surface area contributed by atoms with Gasteiger partial charge < -0.3 is 14.8 Å². The quantitative estimate of drug-likeness (QED) is 0.929. The molecule has 1 aliphatic rings. The van der Waals surface area contributed by atoms with Gasteiger partial charge in [0.05, 0.1) is 12.1 Å². The van der Waals surface area contributed by atoms with Crippen molar-refractivity contribution in [3.05, 3.63) is 69.1 Å². The van der Waals surface area contributed by atoms with Crippen molar-refractivity contribution in [2.45, 2.75) is 6.54 Å². The first kappa shape index (κ1) is 15.8. The minimum Gasteiger partial charge on any atom is -0.336 e. The van der Waals surface area contributed by atoms with Gasteiger partial charge in [0.1, 0.15) is 0 Å². The average molecular weight is 332 g/mol. The number of hydrogen-bond donors (Lipinski definition) is 1. The highest BCUT2D eigenvalue weighted by Gasteiger charge is 2.18. The summed E-state index contributed by atoms with van der Waals surface area (Å²) in [4.78, 5) is 26.4. The van der Waals surface area contributed by atoms with Crippen molar-refractivity contribution in [3.8, 4) is 0 Å². The highest BCUT2D eigenvalue weighted by Crippen LogP contribution is 2.16. The molecule has 1 amide bonds. The number of carbonyl (C=O) groups is 1. The summed E-state index contributed by atoms with van der Waals surface area (Å²) in [6, 6.07) is 10.4. The highest BCUT2D eigenvalue weighted by molar-refractivity contribution is 6.31. The molecule has 0 bridgehead atoms. The molecule has 1 fully saturated rings. The fourth-order valence-corrected chi connectivity index (χ4v) is 2.84. The van der Waals surface area contributed by atoms with Crippen molar-refractivity contribution in [2.24, 2.45) is 0 Å². The molecule has 1 aliphatic heterocycles. The second kappa shape index (κ2) is 6.98.